The summed E-state index contributed by atoms with van der Waals surface area (Å²) in [5.41, 5.74) is 2.34. The van der Waals surface area contributed by atoms with E-state index in [2.05, 4.69) is 48.7 Å². The highest BCUT2D eigenvalue weighted by atomic mass is 127. The number of guanidine groups is 1. The van der Waals surface area contributed by atoms with Crippen molar-refractivity contribution in [1.29, 1.82) is 0 Å². The first-order valence-electron chi connectivity index (χ1n) is 9.98. The molecule has 1 unspecified atom stereocenters. The Bertz CT molecular complexity index is 760. The van der Waals surface area contributed by atoms with Crippen LogP contribution in [0.25, 0.3) is 0 Å². The van der Waals surface area contributed by atoms with Crippen LogP contribution < -0.4 is 24.8 Å². The molecule has 0 amide bonds. The molecule has 7 heteroatoms. The summed E-state index contributed by atoms with van der Waals surface area (Å²) in [5, 5.41) is 6.72. The first-order chi connectivity index (χ1) is 14.1. The molecule has 2 rings (SSSR count). The standard InChI is InChI=1S/C23H33N3O3.HI/c1-6-24-23(25-13-12-17(2)19-10-8-7-9-11-19)26-16-18-14-20(27-3)22(29-5)21(15-18)28-4;/h7-11,14-15,17H,6,12-13,16H2,1-5H3,(H2,24,25,26);1H. The van der Waals surface area contributed by atoms with Gasteiger partial charge in [0.15, 0.2) is 17.5 Å². The molecular weight excluding hydrogens is 493 g/mol. The number of rotatable bonds is 10. The maximum atomic E-state index is 5.42. The molecule has 0 spiro atoms. The molecule has 0 aliphatic heterocycles. The van der Waals surface area contributed by atoms with Gasteiger partial charge >= 0.3 is 0 Å². The monoisotopic (exact) mass is 527 g/mol. The van der Waals surface area contributed by atoms with Crippen molar-refractivity contribution in [2.24, 2.45) is 4.99 Å². The number of hydrogen-bond donors (Lipinski definition) is 2. The van der Waals surface area contributed by atoms with Gasteiger partial charge < -0.3 is 24.8 Å². The van der Waals surface area contributed by atoms with Crippen molar-refractivity contribution in [1.82, 2.24) is 10.6 Å². The van der Waals surface area contributed by atoms with Gasteiger partial charge in [-0.15, -0.1) is 24.0 Å². The molecule has 0 aromatic heterocycles. The second-order valence-corrected chi connectivity index (χ2v) is 6.76. The lowest BCUT2D eigenvalue weighted by Crippen LogP contribution is -2.38. The highest BCUT2D eigenvalue weighted by Gasteiger charge is 2.13. The van der Waals surface area contributed by atoms with E-state index in [1.165, 1.54) is 5.56 Å². The topological polar surface area (TPSA) is 64.1 Å². The zero-order chi connectivity index (χ0) is 21.1. The molecule has 0 saturated heterocycles. The van der Waals surface area contributed by atoms with Gasteiger partial charge in [0.1, 0.15) is 0 Å². The lowest BCUT2D eigenvalue weighted by molar-refractivity contribution is 0.324. The summed E-state index contributed by atoms with van der Waals surface area (Å²) < 4.78 is 16.2. The van der Waals surface area contributed by atoms with Gasteiger partial charge in [0.25, 0.3) is 0 Å². The molecule has 2 aromatic rings. The average Bonchev–Trinajstić information content (AvgIpc) is 2.77. The van der Waals surface area contributed by atoms with E-state index < -0.39 is 0 Å². The van der Waals surface area contributed by atoms with Gasteiger partial charge in [-0.2, -0.15) is 0 Å². The molecule has 2 aromatic carbocycles. The molecule has 166 valence electrons. The number of benzene rings is 2. The molecule has 0 bridgehead atoms. The Morgan fingerprint density at radius 2 is 1.60 bits per heavy atom. The maximum Gasteiger partial charge on any atom is 0.203 e. The summed E-state index contributed by atoms with van der Waals surface area (Å²) in [6.07, 6.45) is 1.03. The number of methoxy groups -OCH3 is 3. The molecular formula is C23H34IN3O3. The van der Waals surface area contributed by atoms with E-state index in [9.17, 15) is 0 Å². The van der Waals surface area contributed by atoms with Crippen molar-refractivity contribution >= 4 is 29.9 Å². The van der Waals surface area contributed by atoms with Crippen molar-refractivity contribution in [3.63, 3.8) is 0 Å². The van der Waals surface area contributed by atoms with Crippen LogP contribution in [0.15, 0.2) is 47.5 Å². The van der Waals surface area contributed by atoms with Gasteiger partial charge in [-0.1, -0.05) is 37.3 Å². The van der Waals surface area contributed by atoms with E-state index >= 15 is 0 Å². The number of nitrogens with zero attached hydrogens (tertiary/aromatic N) is 1. The van der Waals surface area contributed by atoms with Crippen molar-refractivity contribution in [3.05, 3.63) is 53.6 Å². The van der Waals surface area contributed by atoms with Crippen LogP contribution in [0.5, 0.6) is 17.2 Å². The second kappa shape index (κ2) is 14.0. The van der Waals surface area contributed by atoms with Gasteiger partial charge in [0, 0.05) is 13.1 Å². The summed E-state index contributed by atoms with van der Waals surface area (Å²) in [6.45, 7) is 6.45. The van der Waals surface area contributed by atoms with Gasteiger partial charge in [0.2, 0.25) is 5.75 Å². The Balaban J connectivity index is 0.00000450. The van der Waals surface area contributed by atoms with Gasteiger partial charge in [0.05, 0.1) is 27.9 Å². The largest absolute Gasteiger partial charge is 0.493 e. The zero-order valence-electron chi connectivity index (χ0n) is 18.5. The average molecular weight is 527 g/mol. The summed E-state index contributed by atoms with van der Waals surface area (Å²) in [6, 6.07) is 14.4. The fourth-order valence-electron chi connectivity index (χ4n) is 3.09. The SMILES string of the molecule is CCNC(=NCc1cc(OC)c(OC)c(OC)c1)NCCC(C)c1ccccc1.I. The van der Waals surface area contributed by atoms with Gasteiger partial charge in [-0.05, 0) is 42.5 Å². The van der Waals surface area contributed by atoms with Crippen molar-refractivity contribution in [2.45, 2.75) is 32.7 Å². The first-order valence-corrected chi connectivity index (χ1v) is 9.98. The van der Waals surface area contributed by atoms with Crippen LogP contribution >= 0.6 is 24.0 Å². The Morgan fingerprint density at radius 1 is 0.967 bits per heavy atom. The molecule has 1 atom stereocenters. The molecule has 30 heavy (non-hydrogen) atoms. The fraction of sp³-hybridized carbons (Fsp3) is 0.435. The molecule has 0 radical (unpaired) electrons. The predicted octanol–water partition coefficient (Wildman–Crippen LogP) is 4.58. The van der Waals surface area contributed by atoms with Crippen molar-refractivity contribution in [2.75, 3.05) is 34.4 Å². The Kier molecular flexibility index (Phi) is 12.0. The second-order valence-electron chi connectivity index (χ2n) is 6.76. The molecule has 0 aliphatic rings. The quantitative estimate of drug-likeness (QED) is 0.269. The molecule has 0 fully saturated rings. The minimum Gasteiger partial charge on any atom is -0.493 e. The van der Waals surface area contributed by atoms with Crippen LogP contribution in [0.3, 0.4) is 0 Å². The molecule has 0 aliphatic carbocycles. The normalized spacial score (nSPS) is 11.8. The predicted molar refractivity (Wildman–Crippen MR) is 134 cm³/mol. The van der Waals surface area contributed by atoms with E-state index in [0.29, 0.717) is 29.7 Å². The number of hydrogen-bond acceptors (Lipinski definition) is 4. The summed E-state index contributed by atoms with van der Waals surface area (Å²) >= 11 is 0. The number of aliphatic imine (C=N–C) groups is 1. The van der Waals surface area contributed by atoms with Crippen LogP contribution in [-0.4, -0.2) is 40.4 Å². The number of ether oxygens (including phenoxy) is 3. The third-order valence-corrected chi connectivity index (χ3v) is 4.73. The van der Waals surface area contributed by atoms with Gasteiger partial charge in [-0.3, -0.25) is 0 Å². The van der Waals surface area contributed by atoms with E-state index in [0.717, 1.165) is 31.0 Å². The Labute approximate surface area is 197 Å². The summed E-state index contributed by atoms with van der Waals surface area (Å²) in [4.78, 5) is 4.70. The van der Waals surface area contributed by atoms with Crippen LogP contribution in [-0.2, 0) is 6.54 Å². The highest BCUT2D eigenvalue weighted by Crippen LogP contribution is 2.38. The molecule has 0 saturated carbocycles. The van der Waals surface area contributed by atoms with E-state index in [1.807, 2.05) is 18.2 Å². The number of halogens is 1. The Hall–Kier alpha value is -2.16. The van der Waals surface area contributed by atoms with Crippen LogP contribution in [0, 0.1) is 0 Å². The smallest absolute Gasteiger partial charge is 0.203 e. The van der Waals surface area contributed by atoms with Crippen molar-refractivity contribution < 1.29 is 14.2 Å². The lowest BCUT2D eigenvalue weighted by atomic mass is 9.98. The van der Waals surface area contributed by atoms with Crippen LogP contribution in [0.2, 0.25) is 0 Å². The molecule has 0 heterocycles. The third kappa shape index (κ3) is 7.59. The zero-order valence-corrected chi connectivity index (χ0v) is 20.9. The summed E-state index contributed by atoms with van der Waals surface area (Å²) in [5.74, 6) is 3.13. The third-order valence-electron chi connectivity index (χ3n) is 4.73. The lowest BCUT2D eigenvalue weighted by Gasteiger charge is -2.16. The number of nitrogens with one attached hydrogen (secondary N) is 2. The summed E-state index contributed by atoms with van der Waals surface area (Å²) in [7, 11) is 4.83. The maximum absolute atomic E-state index is 5.42. The first kappa shape index (κ1) is 25.9. The molecule has 6 nitrogen and oxygen atoms in total. The minimum absolute atomic E-state index is 0. The molecule has 2 N–H and O–H groups in total. The van der Waals surface area contributed by atoms with E-state index in [1.54, 1.807) is 21.3 Å². The van der Waals surface area contributed by atoms with Gasteiger partial charge in [-0.25, -0.2) is 4.99 Å². The van der Waals surface area contributed by atoms with Crippen LogP contribution in [0.1, 0.15) is 37.3 Å². The van der Waals surface area contributed by atoms with E-state index in [-0.39, 0.29) is 24.0 Å². The highest BCUT2D eigenvalue weighted by molar-refractivity contribution is 14.0. The van der Waals surface area contributed by atoms with Crippen LogP contribution in [0.4, 0.5) is 0 Å². The fourth-order valence-corrected chi connectivity index (χ4v) is 3.09. The minimum atomic E-state index is 0. The Morgan fingerprint density at radius 3 is 2.13 bits per heavy atom. The van der Waals surface area contributed by atoms with E-state index in [4.69, 9.17) is 19.2 Å². The van der Waals surface area contributed by atoms with Crippen molar-refractivity contribution in [3.8, 4) is 17.2 Å².